The van der Waals surface area contributed by atoms with E-state index < -0.39 is 0 Å². The van der Waals surface area contributed by atoms with E-state index in [1.165, 1.54) is 10.6 Å². The fourth-order valence-electron chi connectivity index (χ4n) is 3.84. The second kappa shape index (κ2) is 10.3. The molecule has 0 aliphatic carbocycles. The summed E-state index contributed by atoms with van der Waals surface area (Å²) in [6, 6.07) is 12.4. The maximum Gasteiger partial charge on any atom is 0.248 e. The van der Waals surface area contributed by atoms with Crippen LogP contribution in [0.3, 0.4) is 0 Å². The van der Waals surface area contributed by atoms with Gasteiger partial charge in [0.25, 0.3) is 0 Å². The van der Waals surface area contributed by atoms with Gasteiger partial charge in [0.05, 0.1) is 5.00 Å². The summed E-state index contributed by atoms with van der Waals surface area (Å²) in [5.74, 6) is 0.909. The largest absolute Gasteiger partial charge is 0.360 e. The number of rotatable bonds is 4. The average molecular weight is 525 g/mol. The number of nitrogens with zero attached hydrogens (tertiary/aromatic N) is 4. The number of piperazine rings is 1. The molecule has 3 heterocycles. The summed E-state index contributed by atoms with van der Waals surface area (Å²) in [6.45, 7) is 7.55. The number of aliphatic imine (C=N–C) groups is 1. The minimum absolute atomic E-state index is 0. The molecule has 2 aromatic rings. The van der Waals surface area contributed by atoms with Gasteiger partial charge in [-0.2, -0.15) is 0 Å². The van der Waals surface area contributed by atoms with Crippen molar-refractivity contribution in [3.8, 4) is 0 Å². The van der Waals surface area contributed by atoms with Gasteiger partial charge in [-0.25, -0.2) is 4.99 Å². The maximum absolute atomic E-state index is 12.8. The van der Waals surface area contributed by atoms with Gasteiger partial charge in [-0.05, 0) is 42.5 Å². The molecule has 1 saturated heterocycles. The summed E-state index contributed by atoms with van der Waals surface area (Å²) in [7, 11) is 0. The molecule has 156 valence electrons. The predicted molar refractivity (Wildman–Crippen MR) is 132 cm³/mol. The molecule has 1 fully saturated rings. The number of hydrogen-bond acceptors (Lipinski definition) is 4. The van der Waals surface area contributed by atoms with E-state index in [0.29, 0.717) is 0 Å². The van der Waals surface area contributed by atoms with Gasteiger partial charge >= 0.3 is 0 Å². The van der Waals surface area contributed by atoms with E-state index in [0.717, 1.165) is 57.3 Å². The van der Waals surface area contributed by atoms with Crippen LogP contribution in [0.25, 0.3) is 0 Å². The van der Waals surface area contributed by atoms with Crippen LogP contribution in [0.5, 0.6) is 0 Å². The van der Waals surface area contributed by atoms with Crippen molar-refractivity contribution in [2.24, 2.45) is 4.99 Å². The van der Waals surface area contributed by atoms with Crippen LogP contribution in [0, 0.1) is 0 Å². The second-order valence-corrected chi connectivity index (χ2v) is 7.95. The van der Waals surface area contributed by atoms with E-state index in [9.17, 15) is 4.79 Å². The van der Waals surface area contributed by atoms with Crippen LogP contribution < -0.4 is 15.1 Å². The van der Waals surface area contributed by atoms with Crippen molar-refractivity contribution in [3.63, 3.8) is 0 Å². The summed E-state index contributed by atoms with van der Waals surface area (Å²) in [5.41, 5.74) is 2.29. The van der Waals surface area contributed by atoms with Gasteiger partial charge in [-0.1, -0.05) is 18.2 Å². The lowest BCUT2D eigenvalue weighted by Gasteiger charge is -2.37. The van der Waals surface area contributed by atoms with Gasteiger partial charge in [-0.3, -0.25) is 4.79 Å². The fraction of sp³-hybridized carbons (Fsp3) is 0.429. The monoisotopic (exact) mass is 525 g/mol. The third-order valence-electron chi connectivity index (χ3n) is 5.28. The van der Waals surface area contributed by atoms with Crippen molar-refractivity contribution in [2.75, 3.05) is 55.6 Å². The number of thiophene rings is 1. The third kappa shape index (κ3) is 5.03. The molecular weight excluding hydrogens is 497 g/mol. The van der Waals surface area contributed by atoms with E-state index in [1.807, 2.05) is 23.1 Å². The lowest BCUT2D eigenvalue weighted by molar-refractivity contribution is -0.117. The molecule has 1 aromatic carbocycles. The van der Waals surface area contributed by atoms with E-state index in [-0.39, 0.29) is 36.4 Å². The molecule has 0 atom stereocenters. The number of amides is 1. The van der Waals surface area contributed by atoms with Gasteiger partial charge in [0.1, 0.15) is 6.54 Å². The van der Waals surface area contributed by atoms with Crippen molar-refractivity contribution in [2.45, 2.75) is 13.3 Å². The van der Waals surface area contributed by atoms with Gasteiger partial charge in [0, 0.05) is 45.0 Å². The Morgan fingerprint density at radius 3 is 2.62 bits per heavy atom. The van der Waals surface area contributed by atoms with Gasteiger partial charge in [-0.15, -0.1) is 35.3 Å². The molecule has 6 nitrogen and oxygen atoms in total. The Kier molecular flexibility index (Phi) is 7.77. The highest BCUT2D eigenvalue weighted by Crippen LogP contribution is 2.27. The summed E-state index contributed by atoms with van der Waals surface area (Å²) in [6.07, 6.45) is 0.927. The van der Waals surface area contributed by atoms with Crippen molar-refractivity contribution in [1.82, 2.24) is 10.2 Å². The first-order valence-electron chi connectivity index (χ1n) is 9.96. The van der Waals surface area contributed by atoms with Crippen LogP contribution in [0.4, 0.5) is 10.7 Å². The minimum Gasteiger partial charge on any atom is -0.360 e. The zero-order valence-corrected chi connectivity index (χ0v) is 19.9. The Morgan fingerprint density at radius 2 is 1.90 bits per heavy atom. The molecule has 1 amide bonds. The molecule has 0 spiro atoms. The molecule has 1 aromatic heterocycles. The number of benzene rings is 1. The average Bonchev–Trinajstić information content (AvgIpc) is 3.41. The fourth-order valence-corrected chi connectivity index (χ4v) is 4.62. The highest BCUT2D eigenvalue weighted by molar-refractivity contribution is 14.0. The number of carbonyl (C=O) groups excluding carboxylic acids is 1. The molecule has 1 N–H and O–H groups in total. The first-order chi connectivity index (χ1) is 13.8. The molecule has 0 unspecified atom stereocenters. The summed E-state index contributed by atoms with van der Waals surface area (Å²) >= 11 is 1.78. The topological polar surface area (TPSA) is 51.2 Å². The molecule has 8 heteroatoms. The minimum atomic E-state index is 0. The second-order valence-electron chi connectivity index (χ2n) is 7.02. The number of fused-ring (bicyclic) bond motifs is 1. The number of hydrogen-bond donors (Lipinski definition) is 1. The Labute approximate surface area is 193 Å². The summed E-state index contributed by atoms with van der Waals surface area (Å²) in [5, 5.41) is 6.80. The van der Waals surface area contributed by atoms with Crippen LogP contribution in [0.2, 0.25) is 0 Å². The SMILES string of the molecule is CCNC(=NCC(=O)N1CCc2ccccc21)N1CCN(c2cccs2)CC1.I. The van der Waals surface area contributed by atoms with Crippen molar-refractivity contribution < 1.29 is 4.79 Å². The number of carbonyl (C=O) groups is 1. The van der Waals surface area contributed by atoms with Crippen molar-refractivity contribution in [3.05, 3.63) is 47.3 Å². The highest BCUT2D eigenvalue weighted by atomic mass is 127. The van der Waals surface area contributed by atoms with E-state index in [2.05, 4.69) is 50.6 Å². The zero-order chi connectivity index (χ0) is 19.3. The number of nitrogens with one attached hydrogen (secondary N) is 1. The summed E-state index contributed by atoms with van der Waals surface area (Å²) < 4.78 is 0. The van der Waals surface area contributed by atoms with Crippen LogP contribution in [-0.4, -0.2) is 62.6 Å². The molecule has 29 heavy (non-hydrogen) atoms. The normalized spacial score (nSPS) is 16.4. The first-order valence-corrected chi connectivity index (χ1v) is 10.8. The maximum atomic E-state index is 12.8. The Balaban J connectivity index is 0.00000240. The van der Waals surface area contributed by atoms with E-state index >= 15 is 0 Å². The van der Waals surface area contributed by atoms with Crippen molar-refractivity contribution in [1.29, 1.82) is 0 Å². The zero-order valence-electron chi connectivity index (χ0n) is 16.7. The lowest BCUT2D eigenvalue weighted by Crippen LogP contribution is -2.52. The van der Waals surface area contributed by atoms with Gasteiger partial charge in [0.2, 0.25) is 5.91 Å². The molecule has 4 rings (SSSR count). The third-order valence-corrected chi connectivity index (χ3v) is 6.21. The van der Waals surface area contributed by atoms with Gasteiger partial charge in [0.15, 0.2) is 5.96 Å². The lowest BCUT2D eigenvalue weighted by atomic mass is 10.2. The smallest absolute Gasteiger partial charge is 0.248 e. The van der Waals surface area contributed by atoms with Crippen LogP contribution >= 0.6 is 35.3 Å². The van der Waals surface area contributed by atoms with Crippen molar-refractivity contribution >= 4 is 57.9 Å². The molecule has 0 radical (unpaired) electrons. The van der Waals surface area contributed by atoms with E-state index in [4.69, 9.17) is 0 Å². The predicted octanol–water partition coefficient (Wildman–Crippen LogP) is 3.04. The van der Waals surface area contributed by atoms with Crippen LogP contribution in [0.1, 0.15) is 12.5 Å². The Morgan fingerprint density at radius 1 is 1.10 bits per heavy atom. The number of guanidine groups is 1. The van der Waals surface area contributed by atoms with E-state index in [1.54, 1.807) is 11.3 Å². The van der Waals surface area contributed by atoms with Crippen LogP contribution in [0.15, 0.2) is 46.8 Å². The van der Waals surface area contributed by atoms with Gasteiger partial charge < -0.3 is 20.0 Å². The van der Waals surface area contributed by atoms with Crippen LogP contribution in [-0.2, 0) is 11.2 Å². The highest BCUT2D eigenvalue weighted by Gasteiger charge is 2.25. The molecule has 2 aliphatic heterocycles. The quantitative estimate of drug-likeness (QED) is 0.379. The summed E-state index contributed by atoms with van der Waals surface area (Å²) in [4.78, 5) is 24.0. The first kappa shape index (κ1) is 21.9. The molecule has 0 saturated carbocycles. The molecular formula is C21H28IN5OS. The number of halogens is 1. The number of para-hydroxylation sites is 1. The Hall–Kier alpha value is -1.81. The molecule has 2 aliphatic rings. The Bertz CT molecular complexity index is 833. The standard InChI is InChI=1S/C21H27N5OS.HI/c1-2-22-21(25-13-11-24(12-14-25)20-8-5-15-28-20)23-16-19(27)26-10-9-17-6-3-4-7-18(17)26;/h3-8,15H,2,9-14,16H2,1H3,(H,22,23);1H. The molecule has 0 bridgehead atoms. The number of anilines is 2.